The van der Waals surface area contributed by atoms with Crippen molar-refractivity contribution in [3.8, 4) is 5.88 Å². The molecule has 3 atom stereocenters. The van der Waals surface area contributed by atoms with E-state index >= 15 is 0 Å². The SMILES string of the molecule is O=C(O)CNC(=O)c1c(O)n(C2CC3CCC2C3)c(=O)n(C2CCCCC2)c1=O. The number of aliphatic carboxylic acids is 1. The third-order valence-electron chi connectivity index (χ3n) is 6.90. The summed E-state index contributed by atoms with van der Waals surface area (Å²) < 4.78 is 2.38. The number of carboxylic acid groups (broad SMARTS) is 1. The molecule has 158 valence electrons. The van der Waals surface area contributed by atoms with Crippen molar-refractivity contribution in [1.82, 2.24) is 14.5 Å². The highest BCUT2D eigenvalue weighted by Gasteiger charge is 2.43. The zero-order valence-electron chi connectivity index (χ0n) is 16.3. The summed E-state index contributed by atoms with van der Waals surface area (Å²) in [6.45, 7) is -0.672. The fourth-order valence-electron chi connectivity index (χ4n) is 5.56. The van der Waals surface area contributed by atoms with Crippen LogP contribution in [-0.2, 0) is 4.79 Å². The molecule has 0 spiro atoms. The van der Waals surface area contributed by atoms with Crippen molar-refractivity contribution in [2.45, 2.75) is 69.9 Å². The Labute approximate surface area is 167 Å². The van der Waals surface area contributed by atoms with Gasteiger partial charge in [-0.15, -0.1) is 0 Å². The zero-order chi connectivity index (χ0) is 20.7. The summed E-state index contributed by atoms with van der Waals surface area (Å²) in [6.07, 6.45) is 7.97. The molecule has 29 heavy (non-hydrogen) atoms. The van der Waals surface area contributed by atoms with Gasteiger partial charge in [-0.1, -0.05) is 25.7 Å². The van der Waals surface area contributed by atoms with E-state index in [1.807, 2.05) is 0 Å². The smallest absolute Gasteiger partial charge is 0.334 e. The second kappa shape index (κ2) is 7.68. The lowest BCUT2D eigenvalue weighted by Gasteiger charge is -2.29. The molecular formula is C20H27N3O6. The van der Waals surface area contributed by atoms with Crippen molar-refractivity contribution in [3.63, 3.8) is 0 Å². The van der Waals surface area contributed by atoms with Gasteiger partial charge in [-0.3, -0.25) is 23.5 Å². The number of carbonyl (C=O) groups is 2. The molecule has 0 radical (unpaired) electrons. The Bertz CT molecular complexity index is 943. The van der Waals surface area contributed by atoms with E-state index in [-0.39, 0.29) is 18.0 Å². The average Bonchev–Trinajstić information content (AvgIpc) is 3.31. The number of fused-ring (bicyclic) bond motifs is 2. The largest absolute Gasteiger partial charge is 0.494 e. The first-order chi connectivity index (χ1) is 13.9. The van der Waals surface area contributed by atoms with Crippen LogP contribution in [0.1, 0.15) is 80.2 Å². The maximum atomic E-state index is 13.4. The highest BCUT2D eigenvalue weighted by atomic mass is 16.4. The van der Waals surface area contributed by atoms with Gasteiger partial charge in [0.1, 0.15) is 6.54 Å². The van der Waals surface area contributed by atoms with Gasteiger partial charge in [0.15, 0.2) is 5.56 Å². The number of hydrogen-bond donors (Lipinski definition) is 3. The molecule has 3 unspecified atom stereocenters. The van der Waals surface area contributed by atoms with Crippen molar-refractivity contribution in [1.29, 1.82) is 0 Å². The van der Waals surface area contributed by atoms with Gasteiger partial charge in [-0.05, 0) is 43.9 Å². The minimum atomic E-state index is -1.26. The van der Waals surface area contributed by atoms with Gasteiger partial charge in [0.05, 0.1) is 0 Å². The van der Waals surface area contributed by atoms with E-state index in [1.54, 1.807) is 0 Å². The Balaban J connectivity index is 1.84. The molecule has 3 fully saturated rings. The Morgan fingerprint density at radius 2 is 1.72 bits per heavy atom. The van der Waals surface area contributed by atoms with Crippen molar-refractivity contribution < 1.29 is 19.8 Å². The Morgan fingerprint density at radius 3 is 2.31 bits per heavy atom. The lowest BCUT2D eigenvalue weighted by molar-refractivity contribution is -0.135. The zero-order valence-corrected chi connectivity index (χ0v) is 16.3. The number of aromatic hydroxyl groups is 1. The van der Waals surface area contributed by atoms with Crippen LogP contribution in [-0.4, -0.2) is 37.8 Å². The summed E-state index contributed by atoms with van der Waals surface area (Å²) in [4.78, 5) is 49.9. The lowest BCUT2D eigenvalue weighted by Crippen LogP contribution is -2.48. The first-order valence-electron chi connectivity index (χ1n) is 10.5. The number of aromatic nitrogens is 2. The number of carboxylic acids is 1. The minimum absolute atomic E-state index is 0.234. The Kier molecular flexibility index (Phi) is 5.23. The summed E-state index contributed by atoms with van der Waals surface area (Å²) in [6, 6.07) is -0.539. The maximum Gasteiger partial charge on any atom is 0.334 e. The highest BCUT2D eigenvalue weighted by molar-refractivity contribution is 5.97. The van der Waals surface area contributed by atoms with Crippen LogP contribution in [0.15, 0.2) is 9.59 Å². The van der Waals surface area contributed by atoms with Gasteiger partial charge in [0.25, 0.3) is 11.5 Å². The minimum Gasteiger partial charge on any atom is -0.494 e. The lowest BCUT2D eigenvalue weighted by atomic mass is 9.94. The van der Waals surface area contributed by atoms with Crippen LogP contribution in [0.2, 0.25) is 0 Å². The number of hydrogen-bond acceptors (Lipinski definition) is 5. The molecule has 3 aliphatic carbocycles. The molecule has 1 heterocycles. The molecule has 0 aromatic carbocycles. The number of carbonyl (C=O) groups excluding carboxylic acids is 1. The van der Waals surface area contributed by atoms with E-state index in [1.165, 1.54) is 4.57 Å². The van der Waals surface area contributed by atoms with E-state index in [2.05, 4.69) is 5.32 Å². The van der Waals surface area contributed by atoms with Crippen LogP contribution in [0.4, 0.5) is 0 Å². The number of amides is 1. The molecule has 1 aromatic rings. The summed E-state index contributed by atoms with van der Waals surface area (Å²) >= 11 is 0. The molecule has 3 aliphatic rings. The van der Waals surface area contributed by atoms with Gasteiger partial charge in [-0.25, -0.2) is 4.79 Å². The third kappa shape index (κ3) is 3.47. The van der Waals surface area contributed by atoms with E-state index in [0.29, 0.717) is 18.8 Å². The van der Waals surface area contributed by atoms with Crippen LogP contribution in [0.25, 0.3) is 0 Å². The number of nitrogens with one attached hydrogen (secondary N) is 1. The topological polar surface area (TPSA) is 131 Å². The fraction of sp³-hybridized carbons (Fsp3) is 0.700. The quantitative estimate of drug-likeness (QED) is 0.679. The molecule has 0 saturated heterocycles. The van der Waals surface area contributed by atoms with Gasteiger partial charge >= 0.3 is 11.7 Å². The molecule has 1 aromatic heterocycles. The molecular weight excluding hydrogens is 378 g/mol. The maximum absolute atomic E-state index is 13.4. The second-order valence-electron chi connectivity index (χ2n) is 8.64. The van der Waals surface area contributed by atoms with Crippen LogP contribution in [0.5, 0.6) is 5.88 Å². The predicted octanol–water partition coefficient (Wildman–Crippen LogP) is 1.40. The second-order valence-corrected chi connectivity index (χ2v) is 8.64. The summed E-state index contributed by atoms with van der Waals surface area (Å²) in [5, 5.41) is 21.8. The van der Waals surface area contributed by atoms with Crippen LogP contribution < -0.4 is 16.6 Å². The summed E-state index contributed by atoms with van der Waals surface area (Å²) in [5.74, 6) is -2.11. The molecule has 1 amide bonds. The van der Waals surface area contributed by atoms with E-state index in [4.69, 9.17) is 5.11 Å². The molecule has 3 N–H and O–H groups in total. The molecule has 4 rings (SSSR count). The van der Waals surface area contributed by atoms with Crippen molar-refractivity contribution in [3.05, 3.63) is 26.4 Å². The van der Waals surface area contributed by atoms with Crippen molar-refractivity contribution in [2.24, 2.45) is 11.8 Å². The number of rotatable bonds is 5. The highest BCUT2D eigenvalue weighted by Crippen LogP contribution is 2.51. The first kappa shape index (κ1) is 19.7. The predicted molar refractivity (Wildman–Crippen MR) is 103 cm³/mol. The standard InChI is InChI=1S/C20H27N3O6/c24-15(25)10-21-17(26)16-18(27)22(13-4-2-1-3-5-13)20(29)23(19(16)28)14-9-11-6-7-12(14)8-11/h11-14,28H,1-10H2,(H,21,26)(H,24,25). The monoisotopic (exact) mass is 405 g/mol. The van der Waals surface area contributed by atoms with Crippen molar-refractivity contribution in [2.75, 3.05) is 6.54 Å². The normalized spacial score (nSPS) is 26.6. The van der Waals surface area contributed by atoms with Crippen LogP contribution >= 0.6 is 0 Å². The fourth-order valence-corrected chi connectivity index (χ4v) is 5.56. The average molecular weight is 405 g/mol. The molecule has 0 aliphatic heterocycles. The van der Waals surface area contributed by atoms with Gasteiger partial charge < -0.3 is 15.5 Å². The summed E-state index contributed by atoms with van der Waals surface area (Å²) in [7, 11) is 0. The van der Waals surface area contributed by atoms with Crippen LogP contribution in [0, 0.1) is 11.8 Å². The van der Waals surface area contributed by atoms with E-state index in [0.717, 1.165) is 49.5 Å². The molecule has 3 saturated carbocycles. The van der Waals surface area contributed by atoms with Crippen molar-refractivity contribution >= 4 is 11.9 Å². The summed E-state index contributed by atoms with van der Waals surface area (Å²) in [5.41, 5.74) is -1.91. The molecule has 9 heteroatoms. The van der Waals surface area contributed by atoms with Gasteiger partial charge in [0, 0.05) is 12.1 Å². The van der Waals surface area contributed by atoms with Crippen LogP contribution in [0.3, 0.4) is 0 Å². The van der Waals surface area contributed by atoms with Gasteiger partial charge in [0.2, 0.25) is 5.88 Å². The number of nitrogens with zero attached hydrogens (tertiary/aromatic N) is 2. The van der Waals surface area contributed by atoms with E-state index < -0.39 is 41.1 Å². The Hall–Kier alpha value is -2.58. The Morgan fingerprint density at radius 1 is 1.00 bits per heavy atom. The molecule has 2 bridgehead atoms. The molecule has 9 nitrogen and oxygen atoms in total. The van der Waals surface area contributed by atoms with Gasteiger partial charge in [-0.2, -0.15) is 0 Å². The van der Waals surface area contributed by atoms with E-state index in [9.17, 15) is 24.3 Å². The first-order valence-corrected chi connectivity index (χ1v) is 10.5. The third-order valence-corrected chi connectivity index (χ3v) is 6.90.